The molecular formula is C28H27N2O6PS. The van der Waals surface area contributed by atoms with Crippen LogP contribution in [-0.4, -0.2) is 14.4 Å². The van der Waals surface area contributed by atoms with Crippen molar-refractivity contribution < 1.29 is 26.8 Å². The first-order valence-corrected chi connectivity index (χ1v) is 14.7. The van der Waals surface area contributed by atoms with E-state index >= 15 is 0 Å². The van der Waals surface area contributed by atoms with Crippen LogP contribution in [0.25, 0.3) is 0 Å². The van der Waals surface area contributed by atoms with Gasteiger partial charge in [-0.1, -0.05) is 53.1 Å². The lowest BCUT2D eigenvalue weighted by atomic mass is 10.2. The molecule has 0 radical (unpaired) electrons. The minimum absolute atomic E-state index is 0.0314. The van der Waals surface area contributed by atoms with E-state index in [0.29, 0.717) is 11.5 Å². The molecule has 0 atom stereocenters. The normalized spacial score (nSPS) is 11.4. The average molecular weight is 551 g/mol. The van der Waals surface area contributed by atoms with E-state index in [4.69, 9.17) is 9.05 Å². The van der Waals surface area contributed by atoms with Gasteiger partial charge in [0.2, 0.25) is 0 Å². The van der Waals surface area contributed by atoms with Gasteiger partial charge in [-0.2, -0.15) is 0 Å². The highest BCUT2D eigenvalue weighted by Crippen LogP contribution is 2.47. The molecule has 0 bridgehead atoms. The molecule has 8 nitrogen and oxygen atoms in total. The van der Waals surface area contributed by atoms with Crippen molar-refractivity contribution in [2.24, 2.45) is 0 Å². The van der Waals surface area contributed by atoms with Crippen LogP contribution >= 0.6 is 7.60 Å². The molecule has 0 aliphatic carbocycles. The van der Waals surface area contributed by atoms with Crippen LogP contribution in [0.4, 0.5) is 10.5 Å². The van der Waals surface area contributed by atoms with Gasteiger partial charge in [0.05, 0.1) is 10.2 Å². The molecule has 10 heteroatoms. The van der Waals surface area contributed by atoms with Crippen molar-refractivity contribution in [3.05, 3.63) is 114 Å². The van der Waals surface area contributed by atoms with Crippen molar-refractivity contribution in [1.82, 2.24) is 4.72 Å². The Morgan fingerprint density at radius 2 is 1.08 bits per heavy atom. The second-order valence-corrected chi connectivity index (χ2v) is 12.3. The van der Waals surface area contributed by atoms with Crippen LogP contribution in [0.1, 0.15) is 16.7 Å². The maximum atomic E-state index is 14.0. The summed E-state index contributed by atoms with van der Waals surface area (Å²) in [5.74, 6) is 0.739. The second kappa shape index (κ2) is 11.1. The van der Waals surface area contributed by atoms with Crippen molar-refractivity contribution in [1.29, 1.82) is 0 Å². The van der Waals surface area contributed by atoms with Gasteiger partial charge in [0, 0.05) is 5.69 Å². The fourth-order valence-corrected chi connectivity index (χ4v) is 5.85. The first-order valence-electron chi connectivity index (χ1n) is 11.7. The van der Waals surface area contributed by atoms with E-state index in [9.17, 15) is 17.8 Å². The van der Waals surface area contributed by atoms with Crippen molar-refractivity contribution in [2.75, 3.05) is 5.32 Å². The van der Waals surface area contributed by atoms with Crippen LogP contribution in [0.15, 0.2) is 102 Å². The van der Waals surface area contributed by atoms with Gasteiger partial charge in [0.1, 0.15) is 11.5 Å². The first-order chi connectivity index (χ1) is 18.0. The summed E-state index contributed by atoms with van der Waals surface area (Å²) >= 11 is 0. The Hall–Kier alpha value is -4.07. The molecule has 2 N–H and O–H groups in total. The molecular weight excluding hydrogens is 523 g/mol. The molecule has 4 aromatic rings. The molecule has 38 heavy (non-hydrogen) atoms. The lowest BCUT2D eigenvalue weighted by molar-refractivity contribution is 0.256. The van der Waals surface area contributed by atoms with E-state index in [1.807, 2.05) is 49.8 Å². The molecule has 0 heterocycles. The summed E-state index contributed by atoms with van der Waals surface area (Å²) in [5.41, 5.74) is 3.21. The van der Waals surface area contributed by atoms with Gasteiger partial charge in [-0.25, -0.2) is 22.5 Å². The third-order valence-electron chi connectivity index (χ3n) is 5.49. The Morgan fingerprint density at radius 3 is 1.53 bits per heavy atom. The van der Waals surface area contributed by atoms with Gasteiger partial charge in [0.15, 0.2) is 0 Å². The Labute approximate surface area is 222 Å². The minimum Gasteiger partial charge on any atom is -0.413 e. The van der Waals surface area contributed by atoms with Gasteiger partial charge < -0.3 is 14.4 Å². The fourth-order valence-electron chi connectivity index (χ4n) is 3.38. The summed E-state index contributed by atoms with van der Waals surface area (Å²) in [5, 5.41) is 2.72. The van der Waals surface area contributed by atoms with Crippen molar-refractivity contribution in [2.45, 2.75) is 25.7 Å². The number of aryl methyl sites for hydroxylation is 3. The monoisotopic (exact) mass is 550 g/mol. The van der Waals surface area contributed by atoms with Crippen molar-refractivity contribution >= 4 is 34.6 Å². The van der Waals surface area contributed by atoms with Crippen LogP contribution in [0.2, 0.25) is 0 Å². The Kier molecular flexibility index (Phi) is 7.90. The molecule has 0 spiro atoms. The van der Waals surface area contributed by atoms with Crippen LogP contribution in [-0.2, 0) is 14.6 Å². The Balaban J connectivity index is 1.53. The zero-order valence-electron chi connectivity index (χ0n) is 21.0. The number of anilines is 1. The number of amides is 2. The van der Waals surface area contributed by atoms with E-state index in [2.05, 4.69) is 5.32 Å². The fraction of sp³-hybridized carbons (Fsp3) is 0.107. The molecule has 0 aliphatic rings. The van der Waals surface area contributed by atoms with Crippen molar-refractivity contribution in [3.8, 4) is 11.5 Å². The predicted molar refractivity (Wildman–Crippen MR) is 148 cm³/mol. The lowest BCUT2D eigenvalue weighted by Crippen LogP contribution is -2.34. The van der Waals surface area contributed by atoms with Crippen LogP contribution < -0.4 is 24.4 Å². The second-order valence-electron chi connectivity index (χ2n) is 8.73. The smallest absolute Gasteiger partial charge is 0.413 e. The van der Waals surface area contributed by atoms with E-state index in [-0.39, 0.29) is 15.9 Å². The predicted octanol–water partition coefficient (Wildman–Crippen LogP) is 6.10. The van der Waals surface area contributed by atoms with Crippen LogP contribution in [0.3, 0.4) is 0 Å². The maximum absolute atomic E-state index is 14.0. The summed E-state index contributed by atoms with van der Waals surface area (Å²) < 4.78 is 52.7. The quantitative estimate of drug-likeness (QED) is 0.257. The van der Waals surface area contributed by atoms with Gasteiger partial charge >= 0.3 is 13.6 Å². The highest BCUT2D eigenvalue weighted by atomic mass is 32.2. The van der Waals surface area contributed by atoms with E-state index in [1.165, 1.54) is 36.4 Å². The molecule has 0 aliphatic heterocycles. The number of nitrogens with one attached hydrogen (secondary N) is 2. The molecule has 0 aromatic heterocycles. The third-order valence-corrected chi connectivity index (χ3v) is 8.67. The number of carbonyl (C=O) groups excluding carboxylic acids is 1. The summed E-state index contributed by atoms with van der Waals surface area (Å²) in [6.07, 6.45) is 0. The van der Waals surface area contributed by atoms with Gasteiger partial charge in [-0.15, -0.1) is 0 Å². The summed E-state index contributed by atoms with van der Waals surface area (Å²) in [7, 11) is -7.95. The SMILES string of the molecule is Cc1ccc(OP(=O)(Oc2ccc(C)cc2)c2ccc(NC(=O)NS(=O)(=O)c3ccc(C)cc3)cc2)cc1. The Morgan fingerprint density at radius 1 is 0.658 bits per heavy atom. The molecule has 0 unspecified atom stereocenters. The first kappa shape index (κ1) is 27.0. The summed E-state index contributed by atoms with van der Waals surface area (Å²) in [6.45, 7) is 5.69. The topological polar surface area (TPSA) is 111 Å². The van der Waals surface area contributed by atoms with E-state index in [1.54, 1.807) is 36.4 Å². The van der Waals surface area contributed by atoms with E-state index < -0.39 is 23.7 Å². The molecule has 0 fully saturated rings. The minimum atomic E-state index is -4.05. The third kappa shape index (κ3) is 6.82. The number of sulfonamides is 1. The molecule has 196 valence electrons. The standard InChI is InChI=1S/C28H27N2O6PS/c1-20-4-12-24(13-5-20)35-37(32,36-25-14-6-21(2)7-15-25)26-16-10-23(11-17-26)29-28(31)30-38(33,34)27-18-8-22(3)9-19-27/h4-19H,1-3H3,(H2,29,30,31). The van der Waals surface area contributed by atoms with Crippen molar-refractivity contribution in [3.63, 3.8) is 0 Å². The largest absolute Gasteiger partial charge is 0.462 e. The number of hydrogen-bond acceptors (Lipinski definition) is 6. The summed E-state index contributed by atoms with van der Waals surface area (Å²) in [6, 6.07) is 25.3. The maximum Gasteiger partial charge on any atom is 0.462 e. The van der Waals surface area contributed by atoms with Crippen LogP contribution in [0.5, 0.6) is 11.5 Å². The number of rotatable bonds is 8. The van der Waals surface area contributed by atoms with E-state index in [0.717, 1.165) is 16.7 Å². The summed E-state index contributed by atoms with van der Waals surface area (Å²) in [4.78, 5) is 12.4. The Bertz CT molecular complexity index is 1520. The zero-order valence-corrected chi connectivity index (χ0v) is 22.8. The molecule has 4 rings (SSSR count). The number of hydrogen-bond donors (Lipinski definition) is 2. The molecule has 0 saturated heterocycles. The molecule has 4 aromatic carbocycles. The lowest BCUT2D eigenvalue weighted by Gasteiger charge is -2.21. The highest BCUT2D eigenvalue weighted by Gasteiger charge is 2.31. The van der Waals surface area contributed by atoms with Gasteiger partial charge in [0.25, 0.3) is 10.0 Å². The van der Waals surface area contributed by atoms with Gasteiger partial charge in [-0.05, 0) is 81.4 Å². The zero-order chi connectivity index (χ0) is 27.3. The number of urea groups is 1. The van der Waals surface area contributed by atoms with Crippen LogP contribution in [0, 0.1) is 20.8 Å². The molecule has 0 saturated carbocycles. The average Bonchev–Trinajstić information content (AvgIpc) is 2.87. The highest BCUT2D eigenvalue weighted by molar-refractivity contribution is 7.90. The number of carbonyl (C=O) groups is 1. The molecule has 2 amide bonds. The number of benzene rings is 4. The van der Waals surface area contributed by atoms with Gasteiger partial charge in [-0.3, -0.25) is 0 Å².